The number of rotatable bonds is 2. The van der Waals surface area contributed by atoms with Crippen molar-refractivity contribution in [2.24, 2.45) is 57.2 Å². The Labute approximate surface area is 216 Å². The van der Waals surface area contributed by atoms with Crippen molar-refractivity contribution < 1.29 is 0 Å². The van der Waals surface area contributed by atoms with Crippen LogP contribution in [0.3, 0.4) is 0 Å². The van der Waals surface area contributed by atoms with Crippen LogP contribution in [0, 0.1) is 57.2 Å². The summed E-state index contributed by atoms with van der Waals surface area (Å²) in [7, 11) is 0. The molecule has 35 heavy (non-hydrogen) atoms. The predicted octanol–water partition coefficient (Wildman–Crippen LogP) is 10.1. The minimum absolute atomic E-state index is 0.320. The first-order valence-electron chi connectivity index (χ1n) is 15.2. The van der Waals surface area contributed by atoms with Gasteiger partial charge in [0.1, 0.15) is 0 Å². The Morgan fingerprint density at radius 1 is 0.514 bits per heavy atom. The fourth-order valence-corrected chi connectivity index (χ4v) is 9.48. The second-order valence-electron chi connectivity index (χ2n) is 16.2. The van der Waals surface area contributed by atoms with Gasteiger partial charge in [0.05, 0.1) is 0 Å². The first-order valence-corrected chi connectivity index (χ1v) is 15.2. The third-order valence-electron chi connectivity index (χ3n) is 12.1. The van der Waals surface area contributed by atoms with Crippen LogP contribution in [-0.4, -0.2) is 0 Å². The van der Waals surface area contributed by atoms with Crippen LogP contribution < -0.4 is 0 Å². The van der Waals surface area contributed by atoms with Gasteiger partial charge in [-0.2, -0.15) is 0 Å². The maximum absolute atomic E-state index is 2.87. The van der Waals surface area contributed by atoms with Gasteiger partial charge in [0, 0.05) is 0 Å². The van der Waals surface area contributed by atoms with E-state index in [0.29, 0.717) is 33.5 Å². The minimum Gasteiger partial charge on any atom is -0.0765 e. The topological polar surface area (TPSA) is 0 Å². The lowest BCUT2D eigenvalue weighted by molar-refractivity contribution is 0.238. The van der Waals surface area contributed by atoms with E-state index in [2.05, 4.69) is 79.7 Å². The first kappa shape index (κ1) is 24.3. The molecule has 6 aliphatic carbocycles. The van der Waals surface area contributed by atoms with Crippen LogP contribution in [0.4, 0.5) is 0 Å². The molecule has 4 atom stereocenters. The van der Waals surface area contributed by atoms with E-state index in [9.17, 15) is 0 Å². The summed E-state index contributed by atoms with van der Waals surface area (Å²) in [4.78, 5) is 0. The summed E-state index contributed by atoms with van der Waals surface area (Å²) < 4.78 is 0. The molecule has 0 N–H and O–H groups in total. The molecule has 4 saturated carbocycles. The largest absolute Gasteiger partial charge is 0.0765 e. The lowest BCUT2D eigenvalue weighted by Crippen LogP contribution is -2.36. The first-order chi connectivity index (χ1) is 16.3. The second-order valence-corrected chi connectivity index (χ2v) is 16.2. The summed E-state index contributed by atoms with van der Waals surface area (Å²) in [6.45, 7) is 20.2. The summed E-state index contributed by atoms with van der Waals surface area (Å²) in [6.07, 6.45) is 24.1. The molecule has 0 saturated heterocycles. The van der Waals surface area contributed by atoms with Crippen LogP contribution >= 0.6 is 0 Å². The maximum atomic E-state index is 2.87. The fraction of sp³-hybridized carbons (Fsp3) is 0.771. The third-order valence-corrected chi connectivity index (χ3v) is 12.1. The normalized spacial score (nSPS) is 40.4. The van der Waals surface area contributed by atoms with E-state index in [0.717, 1.165) is 23.7 Å². The van der Waals surface area contributed by atoms with Gasteiger partial charge in [-0.3, -0.25) is 0 Å². The van der Waals surface area contributed by atoms with Crippen molar-refractivity contribution in [2.75, 3.05) is 0 Å². The Hall–Kier alpha value is -1.04. The Bertz CT molecular complexity index is 938. The van der Waals surface area contributed by atoms with Crippen molar-refractivity contribution in [3.8, 4) is 0 Å². The summed E-state index contributed by atoms with van der Waals surface area (Å²) in [5.74, 6) is 4.66. The second kappa shape index (κ2) is 7.74. The van der Waals surface area contributed by atoms with E-state index in [1.807, 2.05) is 0 Å². The smallest absolute Gasteiger partial charge is 0.00924 e. The van der Waals surface area contributed by atoms with E-state index in [-0.39, 0.29) is 0 Å². The highest BCUT2D eigenvalue weighted by Crippen LogP contribution is 2.64. The van der Waals surface area contributed by atoms with Gasteiger partial charge in [-0.05, 0) is 112 Å². The van der Waals surface area contributed by atoms with Crippen molar-refractivity contribution in [3.63, 3.8) is 0 Å². The third kappa shape index (κ3) is 3.74. The molecule has 0 nitrogen and oxygen atoms in total. The van der Waals surface area contributed by atoms with E-state index < -0.39 is 0 Å². The molecule has 6 aliphatic rings. The molecule has 4 unspecified atom stereocenters. The van der Waals surface area contributed by atoms with Gasteiger partial charge >= 0.3 is 0 Å². The minimum atomic E-state index is 0.320. The molecule has 192 valence electrons. The summed E-state index contributed by atoms with van der Waals surface area (Å²) in [5.41, 5.74) is 8.17. The monoisotopic (exact) mass is 472 g/mol. The highest BCUT2D eigenvalue weighted by atomic mass is 14.6. The maximum Gasteiger partial charge on any atom is -0.00924 e. The van der Waals surface area contributed by atoms with Gasteiger partial charge in [-0.15, -0.1) is 0 Å². The lowest BCUT2D eigenvalue weighted by Gasteiger charge is -2.48. The number of allylic oxidation sites excluding steroid dienone is 8. The van der Waals surface area contributed by atoms with Gasteiger partial charge in [-0.1, -0.05) is 105 Å². The van der Waals surface area contributed by atoms with Crippen LogP contribution in [0.15, 0.2) is 46.6 Å². The van der Waals surface area contributed by atoms with Crippen molar-refractivity contribution in [3.05, 3.63) is 46.6 Å². The Kier molecular flexibility index (Phi) is 5.37. The van der Waals surface area contributed by atoms with Gasteiger partial charge in [0.2, 0.25) is 0 Å². The van der Waals surface area contributed by atoms with Crippen LogP contribution in [0.2, 0.25) is 0 Å². The standard InChI is InChI=1S/C35H52/c1-32(2)13-15-34(5,6)30-20-26-24(18-28(30)32)23(17-22-11-9-10-12-22)25-19-29-31(21-27(25)26)35(7,8)16-14-33(29,3)4/h18-27H,9-17H2,1-8H3. The number of hydrogen-bond acceptors (Lipinski definition) is 0. The SMILES string of the molecule is CC1(C)CCC(C)(C)C2=CC3C(C=C21)C1C=C2C(=CC1C3CC1CCCC1)C(C)(C)CCC2(C)C. The Balaban J connectivity index is 1.48. The molecular formula is C35H52. The molecule has 4 fully saturated rings. The van der Waals surface area contributed by atoms with Gasteiger partial charge < -0.3 is 0 Å². The molecule has 0 bridgehead atoms. The van der Waals surface area contributed by atoms with E-state index in [1.165, 1.54) is 57.8 Å². The van der Waals surface area contributed by atoms with Crippen molar-refractivity contribution in [2.45, 2.75) is 113 Å². The number of fused-ring (bicyclic) bond motifs is 5. The van der Waals surface area contributed by atoms with Crippen LogP contribution in [0.1, 0.15) is 113 Å². The molecule has 0 spiro atoms. The quantitative estimate of drug-likeness (QED) is 0.375. The average Bonchev–Trinajstić information content (AvgIpc) is 3.40. The van der Waals surface area contributed by atoms with Crippen LogP contribution in [-0.2, 0) is 0 Å². The molecule has 0 heterocycles. The highest BCUT2D eigenvalue weighted by Gasteiger charge is 2.54. The zero-order valence-corrected chi connectivity index (χ0v) is 24.1. The van der Waals surface area contributed by atoms with Crippen LogP contribution in [0.25, 0.3) is 0 Å². The molecule has 0 aromatic rings. The zero-order chi connectivity index (χ0) is 25.0. The van der Waals surface area contributed by atoms with E-state index in [4.69, 9.17) is 0 Å². The van der Waals surface area contributed by atoms with E-state index >= 15 is 0 Å². The molecule has 0 radical (unpaired) electrons. The molecular weight excluding hydrogens is 420 g/mol. The lowest BCUT2D eigenvalue weighted by atomic mass is 9.56. The molecule has 0 heteroatoms. The predicted molar refractivity (Wildman–Crippen MR) is 150 cm³/mol. The Morgan fingerprint density at radius 2 is 0.829 bits per heavy atom. The zero-order valence-electron chi connectivity index (χ0n) is 24.1. The van der Waals surface area contributed by atoms with Gasteiger partial charge in [0.25, 0.3) is 0 Å². The van der Waals surface area contributed by atoms with Gasteiger partial charge in [0.15, 0.2) is 0 Å². The average molecular weight is 473 g/mol. The van der Waals surface area contributed by atoms with Crippen molar-refractivity contribution in [1.82, 2.24) is 0 Å². The molecule has 0 amide bonds. The Morgan fingerprint density at radius 3 is 1.17 bits per heavy atom. The van der Waals surface area contributed by atoms with E-state index in [1.54, 1.807) is 22.3 Å². The number of hydrogen-bond donors (Lipinski definition) is 0. The fourth-order valence-electron chi connectivity index (χ4n) is 9.48. The molecule has 0 aromatic carbocycles. The highest BCUT2D eigenvalue weighted by molar-refractivity contribution is 5.51. The molecule has 0 aliphatic heterocycles. The van der Waals surface area contributed by atoms with Crippen molar-refractivity contribution in [1.29, 1.82) is 0 Å². The molecule has 0 aromatic heterocycles. The summed E-state index contributed by atoms with van der Waals surface area (Å²) >= 11 is 0. The summed E-state index contributed by atoms with van der Waals surface area (Å²) in [5, 5.41) is 0. The summed E-state index contributed by atoms with van der Waals surface area (Å²) in [6, 6.07) is 0. The van der Waals surface area contributed by atoms with Crippen LogP contribution in [0.5, 0.6) is 0 Å². The molecule has 6 rings (SSSR count). The van der Waals surface area contributed by atoms with Gasteiger partial charge in [-0.25, -0.2) is 0 Å². The van der Waals surface area contributed by atoms with Crippen molar-refractivity contribution >= 4 is 0 Å².